The highest BCUT2D eigenvalue weighted by Crippen LogP contribution is 2.20. The van der Waals surface area contributed by atoms with Crippen molar-refractivity contribution in [3.8, 4) is 5.75 Å². The third-order valence-electron chi connectivity index (χ3n) is 4.62. The second-order valence-electron chi connectivity index (χ2n) is 6.97. The van der Waals surface area contributed by atoms with Crippen LogP contribution in [0.5, 0.6) is 5.75 Å². The van der Waals surface area contributed by atoms with Crippen LogP contribution in [-0.4, -0.2) is 30.5 Å². The summed E-state index contributed by atoms with van der Waals surface area (Å²) in [5, 5.41) is 6.00. The molecular weight excluding hydrogens is 316 g/mol. The molecule has 0 saturated heterocycles. The van der Waals surface area contributed by atoms with Crippen molar-refractivity contribution in [3.63, 3.8) is 0 Å². The molecule has 1 fully saturated rings. The molecule has 1 unspecified atom stereocenters. The van der Waals surface area contributed by atoms with Crippen molar-refractivity contribution in [1.82, 2.24) is 10.6 Å². The minimum atomic E-state index is -0.552. The summed E-state index contributed by atoms with van der Waals surface area (Å²) in [5.74, 6) is 0.176. The average Bonchev–Trinajstić information content (AvgIpc) is 2.60. The van der Waals surface area contributed by atoms with E-state index in [2.05, 4.69) is 10.6 Å². The average molecular weight is 346 g/mol. The SMILES string of the molecule is CCOc1ccccc1C(=O)NC(C(=O)NC1CCCCC1)C(C)C. The molecular formula is C20H30N2O3. The second-order valence-corrected chi connectivity index (χ2v) is 6.97. The fraction of sp³-hybridized carbons (Fsp3) is 0.600. The molecule has 1 aromatic rings. The van der Waals surface area contributed by atoms with E-state index < -0.39 is 6.04 Å². The zero-order valence-corrected chi connectivity index (χ0v) is 15.5. The van der Waals surface area contributed by atoms with E-state index in [0.29, 0.717) is 17.9 Å². The summed E-state index contributed by atoms with van der Waals surface area (Å²) >= 11 is 0. The molecule has 1 aliphatic rings. The standard InChI is InChI=1S/C20H30N2O3/c1-4-25-17-13-9-8-12-16(17)19(23)22-18(14(2)3)20(24)21-15-10-6-5-7-11-15/h8-9,12-15,18H,4-7,10-11H2,1-3H3,(H,21,24)(H,22,23). The van der Waals surface area contributed by atoms with Gasteiger partial charge in [0.05, 0.1) is 12.2 Å². The smallest absolute Gasteiger partial charge is 0.255 e. The summed E-state index contributed by atoms with van der Waals surface area (Å²) in [5.41, 5.74) is 0.459. The lowest BCUT2D eigenvalue weighted by Crippen LogP contribution is -2.52. The van der Waals surface area contributed by atoms with Crippen LogP contribution in [0.1, 0.15) is 63.2 Å². The van der Waals surface area contributed by atoms with Crippen LogP contribution in [0.15, 0.2) is 24.3 Å². The Morgan fingerprint density at radius 3 is 2.48 bits per heavy atom. The number of carbonyl (C=O) groups excluding carboxylic acids is 2. The first kappa shape index (κ1) is 19.3. The Morgan fingerprint density at radius 1 is 1.16 bits per heavy atom. The maximum atomic E-state index is 12.7. The third-order valence-corrected chi connectivity index (χ3v) is 4.62. The molecule has 2 rings (SSSR count). The van der Waals surface area contributed by atoms with E-state index in [1.165, 1.54) is 6.42 Å². The van der Waals surface area contributed by atoms with Gasteiger partial charge < -0.3 is 15.4 Å². The lowest BCUT2D eigenvalue weighted by molar-refractivity contribution is -0.124. The molecule has 138 valence electrons. The van der Waals surface area contributed by atoms with Gasteiger partial charge in [0.25, 0.3) is 5.91 Å². The molecule has 1 atom stereocenters. The molecule has 2 amide bonds. The summed E-state index contributed by atoms with van der Waals surface area (Å²) < 4.78 is 5.52. The third kappa shape index (κ3) is 5.48. The van der Waals surface area contributed by atoms with Crippen LogP contribution < -0.4 is 15.4 Å². The van der Waals surface area contributed by atoms with E-state index in [9.17, 15) is 9.59 Å². The first-order valence-electron chi connectivity index (χ1n) is 9.36. The normalized spacial score (nSPS) is 16.3. The monoisotopic (exact) mass is 346 g/mol. The molecule has 0 spiro atoms. The van der Waals surface area contributed by atoms with Crippen LogP contribution in [0.2, 0.25) is 0 Å². The van der Waals surface area contributed by atoms with E-state index >= 15 is 0 Å². The highest BCUT2D eigenvalue weighted by molar-refractivity contribution is 5.99. The minimum absolute atomic E-state index is 0.00629. The lowest BCUT2D eigenvalue weighted by Gasteiger charge is -2.27. The van der Waals surface area contributed by atoms with Crippen LogP contribution >= 0.6 is 0 Å². The molecule has 1 saturated carbocycles. The highest BCUT2D eigenvalue weighted by atomic mass is 16.5. The number of rotatable bonds is 7. The first-order valence-corrected chi connectivity index (χ1v) is 9.36. The van der Waals surface area contributed by atoms with Gasteiger partial charge in [-0.2, -0.15) is 0 Å². The lowest BCUT2D eigenvalue weighted by atomic mass is 9.94. The van der Waals surface area contributed by atoms with Crippen molar-refractivity contribution >= 4 is 11.8 Å². The van der Waals surface area contributed by atoms with Crippen LogP contribution in [0.4, 0.5) is 0 Å². The van der Waals surface area contributed by atoms with Gasteiger partial charge in [-0.3, -0.25) is 9.59 Å². The molecule has 0 bridgehead atoms. The molecule has 0 heterocycles. The number of hydrogen-bond acceptors (Lipinski definition) is 3. The van der Waals surface area contributed by atoms with Crippen molar-refractivity contribution in [1.29, 1.82) is 0 Å². The van der Waals surface area contributed by atoms with Gasteiger partial charge in [-0.05, 0) is 37.8 Å². The molecule has 0 radical (unpaired) electrons. The molecule has 2 N–H and O–H groups in total. The van der Waals surface area contributed by atoms with Crippen LogP contribution in [0.25, 0.3) is 0 Å². The highest BCUT2D eigenvalue weighted by Gasteiger charge is 2.27. The molecule has 5 nitrogen and oxygen atoms in total. The number of benzene rings is 1. The summed E-state index contributed by atoms with van der Waals surface area (Å²) in [4.78, 5) is 25.4. The van der Waals surface area contributed by atoms with Gasteiger partial charge >= 0.3 is 0 Å². The van der Waals surface area contributed by atoms with Crippen LogP contribution in [0.3, 0.4) is 0 Å². The Bertz CT molecular complexity index is 580. The molecule has 0 aliphatic heterocycles. The van der Waals surface area contributed by atoms with Gasteiger partial charge in [0.15, 0.2) is 0 Å². The summed E-state index contributed by atoms with van der Waals surface area (Å²) in [6, 6.07) is 6.79. The minimum Gasteiger partial charge on any atom is -0.493 e. The van der Waals surface area contributed by atoms with Crippen molar-refractivity contribution < 1.29 is 14.3 Å². The maximum Gasteiger partial charge on any atom is 0.255 e. The largest absolute Gasteiger partial charge is 0.493 e. The molecule has 25 heavy (non-hydrogen) atoms. The number of para-hydroxylation sites is 1. The number of nitrogens with one attached hydrogen (secondary N) is 2. The van der Waals surface area contributed by atoms with Crippen molar-refractivity contribution in [2.45, 2.75) is 65.0 Å². The number of hydrogen-bond donors (Lipinski definition) is 2. The summed E-state index contributed by atoms with van der Waals surface area (Å²) in [7, 11) is 0. The van der Waals surface area contributed by atoms with Gasteiger partial charge in [-0.25, -0.2) is 0 Å². The summed E-state index contributed by atoms with van der Waals surface area (Å²) in [6.45, 7) is 6.25. The maximum absolute atomic E-state index is 12.7. The fourth-order valence-corrected chi connectivity index (χ4v) is 3.23. The van der Waals surface area contributed by atoms with E-state index in [1.807, 2.05) is 26.8 Å². The Kier molecular flexibility index (Phi) is 7.29. The van der Waals surface area contributed by atoms with Gasteiger partial charge in [0.1, 0.15) is 11.8 Å². The number of ether oxygens (including phenoxy) is 1. The predicted molar refractivity (Wildman–Crippen MR) is 98.7 cm³/mol. The zero-order chi connectivity index (χ0) is 18.2. The van der Waals surface area contributed by atoms with E-state index in [4.69, 9.17) is 4.74 Å². The van der Waals surface area contributed by atoms with E-state index in [0.717, 1.165) is 25.7 Å². The molecule has 1 aliphatic carbocycles. The van der Waals surface area contributed by atoms with E-state index in [1.54, 1.807) is 18.2 Å². The quantitative estimate of drug-likeness (QED) is 0.796. The Hall–Kier alpha value is -2.04. The topological polar surface area (TPSA) is 67.4 Å². The Balaban J connectivity index is 2.05. The zero-order valence-electron chi connectivity index (χ0n) is 15.5. The molecule has 0 aromatic heterocycles. The fourth-order valence-electron chi connectivity index (χ4n) is 3.23. The van der Waals surface area contributed by atoms with Crippen molar-refractivity contribution in [3.05, 3.63) is 29.8 Å². The van der Waals surface area contributed by atoms with Gasteiger partial charge in [-0.1, -0.05) is 45.2 Å². The van der Waals surface area contributed by atoms with Crippen LogP contribution in [-0.2, 0) is 4.79 Å². The second kappa shape index (κ2) is 9.44. The summed E-state index contributed by atoms with van der Waals surface area (Å²) in [6.07, 6.45) is 5.61. The first-order chi connectivity index (χ1) is 12.0. The van der Waals surface area contributed by atoms with Crippen LogP contribution in [0, 0.1) is 5.92 Å². The molecule has 1 aromatic carbocycles. The number of carbonyl (C=O) groups is 2. The Morgan fingerprint density at radius 2 is 1.84 bits per heavy atom. The van der Waals surface area contributed by atoms with Gasteiger partial charge in [0.2, 0.25) is 5.91 Å². The van der Waals surface area contributed by atoms with Crippen molar-refractivity contribution in [2.24, 2.45) is 5.92 Å². The van der Waals surface area contributed by atoms with Crippen molar-refractivity contribution in [2.75, 3.05) is 6.61 Å². The predicted octanol–water partition coefficient (Wildman–Crippen LogP) is 3.29. The number of amides is 2. The Labute approximate surface area is 150 Å². The van der Waals surface area contributed by atoms with Gasteiger partial charge in [-0.15, -0.1) is 0 Å². The molecule has 5 heteroatoms. The van der Waals surface area contributed by atoms with Gasteiger partial charge in [0, 0.05) is 6.04 Å². The van der Waals surface area contributed by atoms with E-state index in [-0.39, 0.29) is 23.8 Å².